The average molecular weight is 162 g/mol. The summed E-state index contributed by atoms with van der Waals surface area (Å²) in [4.78, 5) is 21.6. The molecule has 0 aliphatic heterocycles. The molecular formula is CH9Na2O4P. The molecule has 0 aromatic heterocycles. The van der Waals surface area contributed by atoms with E-state index < -0.39 is 7.82 Å². The fraction of sp³-hybridized carbons (Fsp3) is 1.00. The Morgan fingerprint density at radius 3 is 1.00 bits per heavy atom. The van der Waals surface area contributed by atoms with E-state index in [0.29, 0.717) is 0 Å². The Morgan fingerprint density at radius 1 is 1.00 bits per heavy atom. The Balaban J connectivity index is -0.0000000267. The molecular weight excluding hydrogens is 153 g/mol. The fourth-order valence-electron chi connectivity index (χ4n) is 0. The van der Waals surface area contributed by atoms with Gasteiger partial charge in [0.1, 0.15) is 0 Å². The number of phosphoric acid groups is 1. The molecule has 0 aromatic rings. The van der Waals surface area contributed by atoms with E-state index in [1.54, 1.807) is 0 Å². The second-order valence-electron chi connectivity index (χ2n) is 0.513. The van der Waals surface area contributed by atoms with Crippen LogP contribution in [0.2, 0.25) is 0 Å². The molecule has 0 rings (SSSR count). The summed E-state index contributed by atoms with van der Waals surface area (Å²) >= 11 is 0. The van der Waals surface area contributed by atoms with Crippen molar-refractivity contribution >= 4 is 66.9 Å². The van der Waals surface area contributed by atoms with Crippen LogP contribution in [0.25, 0.3) is 0 Å². The maximum absolute atomic E-state index is 8.88. The summed E-state index contributed by atoms with van der Waals surface area (Å²) in [5, 5.41) is 0. The molecule has 0 saturated carbocycles. The molecule has 0 radical (unpaired) electrons. The first kappa shape index (κ1) is 22.5. The molecule has 0 bridgehead atoms. The van der Waals surface area contributed by atoms with E-state index >= 15 is 0 Å². The SMILES string of the molecule is C.O=P(O)(O)O.[NaH].[NaH]. The first-order valence-electron chi connectivity index (χ1n) is 0.783. The molecule has 8 heavy (non-hydrogen) atoms. The summed E-state index contributed by atoms with van der Waals surface area (Å²) in [5.41, 5.74) is 0. The average Bonchev–Trinajstić information content (AvgIpc) is 0.722. The van der Waals surface area contributed by atoms with E-state index in [9.17, 15) is 0 Å². The second-order valence-corrected chi connectivity index (χ2v) is 1.54. The summed E-state index contributed by atoms with van der Waals surface area (Å²) in [6.07, 6.45) is 0. The van der Waals surface area contributed by atoms with Gasteiger partial charge in [-0.25, -0.2) is 4.57 Å². The summed E-state index contributed by atoms with van der Waals surface area (Å²) < 4.78 is 8.88. The first-order chi connectivity index (χ1) is 2.00. The Kier molecular flexibility index (Phi) is 25.6. The van der Waals surface area contributed by atoms with E-state index in [2.05, 4.69) is 0 Å². The zero-order valence-corrected chi connectivity index (χ0v) is 3.09. The third-order valence-electron chi connectivity index (χ3n) is 0. The van der Waals surface area contributed by atoms with Gasteiger partial charge in [-0.2, -0.15) is 0 Å². The van der Waals surface area contributed by atoms with E-state index in [0.717, 1.165) is 0 Å². The van der Waals surface area contributed by atoms with Gasteiger partial charge in [-0.3, -0.25) is 0 Å². The van der Waals surface area contributed by atoms with Gasteiger partial charge in [0.05, 0.1) is 0 Å². The summed E-state index contributed by atoms with van der Waals surface area (Å²) in [7, 11) is -4.64. The van der Waals surface area contributed by atoms with Crippen molar-refractivity contribution in [1.29, 1.82) is 0 Å². The van der Waals surface area contributed by atoms with E-state index in [-0.39, 0.29) is 66.5 Å². The van der Waals surface area contributed by atoms with Gasteiger partial charge in [0.2, 0.25) is 0 Å². The molecule has 0 heterocycles. The van der Waals surface area contributed by atoms with Crippen molar-refractivity contribution in [2.75, 3.05) is 0 Å². The zero-order valence-electron chi connectivity index (χ0n) is 2.20. The van der Waals surface area contributed by atoms with Crippen molar-refractivity contribution in [3.05, 3.63) is 0 Å². The molecule has 0 unspecified atom stereocenters. The van der Waals surface area contributed by atoms with Gasteiger partial charge in [-0.1, -0.05) is 7.43 Å². The Bertz CT molecular complexity index is 60.2. The zero-order chi connectivity index (χ0) is 4.50. The van der Waals surface area contributed by atoms with Crippen LogP contribution in [0.15, 0.2) is 0 Å². The Hall–Kier alpha value is 2.11. The van der Waals surface area contributed by atoms with Crippen LogP contribution in [0.4, 0.5) is 0 Å². The Labute approximate surface area is 92.5 Å². The van der Waals surface area contributed by atoms with Gasteiger partial charge in [-0.05, 0) is 0 Å². The van der Waals surface area contributed by atoms with Crippen LogP contribution in [-0.2, 0) is 4.57 Å². The van der Waals surface area contributed by atoms with Crippen molar-refractivity contribution in [2.45, 2.75) is 7.43 Å². The standard InChI is InChI=1S/CH4.2Na.H3O4P.2H/c;;;1-5(2,3)4;;/h1H4;;;(H3,1,2,3,4);;. The van der Waals surface area contributed by atoms with Gasteiger partial charge >= 0.3 is 66.9 Å². The van der Waals surface area contributed by atoms with Gasteiger partial charge in [-0.15, -0.1) is 0 Å². The fourth-order valence-corrected chi connectivity index (χ4v) is 0. The van der Waals surface area contributed by atoms with Gasteiger partial charge in [0.25, 0.3) is 0 Å². The molecule has 0 saturated heterocycles. The van der Waals surface area contributed by atoms with Gasteiger partial charge in [0, 0.05) is 0 Å². The molecule has 0 fully saturated rings. The number of hydrogen-bond donors (Lipinski definition) is 3. The number of hydrogen-bond acceptors (Lipinski definition) is 1. The maximum atomic E-state index is 8.88. The topological polar surface area (TPSA) is 77.8 Å². The van der Waals surface area contributed by atoms with Crippen LogP contribution in [0.1, 0.15) is 7.43 Å². The quantitative estimate of drug-likeness (QED) is 0.296. The van der Waals surface area contributed by atoms with Crippen LogP contribution in [0.3, 0.4) is 0 Å². The molecule has 4 nitrogen and oxygen atoms in total. The molecule has 0 amide bonds. The van der Waals surface area contributed by atoms with Crippen LogP contribution >= 0.6 is 7.82 Å². The minimum absolute atomic E-state index is 0. The molecule has 44 valence electrons. The van der Waals surface area contributed by atoms with Crippen molar-refractivity contribution < 1.29 is 19.2 Å². The van der Waals surface area contributed by atoms with Crippen LogP contribution < -0.4 is 0 Å². The molecule has 0 aromatic carbocycles. The van der Waals surface area contributed by atoms with Crippen LogP contribution in [0, 0.1) is 0 Å². The summed E-state index contributed by atoms with van der Waals surface area (Å²) in [5.74, 6) is 0. The molecule has 7 heteroatoms. The summed E-state index contributed by atoms with van der Waals surface area (Å²) in [6.45, 7) is 0. The van der Waals surface area contributed by atoms with Crippen LogP contribution in [0.5, 0.6) is 0 Å². The molecule has 0 aliphatic carbocycles. The van der Waals surface area contributed by atoms with Crippen molar-refractivity contribution in [3.8, 4) is 0 Å². The normalized spacial score (nSPS) is 7.38. The number of rotatable bonds is 0. The predicted octanol–water partition coefficient (Wildman–Crippen LogP) is -1.59. The van der Waals surface area contributed by atoms with Gasteiger partial charge in [0.15, 0.2) is 0 Å². The minimum atomic E-state index is -4.64. The van der Waals surface area contributed by atoms with E-state index in [1.807, 2.05) is 0 Å². The Morgan fingerprint density at radius 2 is 1.00 bits per heavy atom. The monoisotopic (exact) mass is 162 g/mol. The second kappa shape index (κ2) is 9.11. The van der Waals surface area contributed by atoms with E-state index in [4.69, 9.17) is 19.2 Å². The van der Waals surface area contributed by atoms with Crippen molar-refractivity contribution in [2.24, 2.45) is 0 Å². The van der Waals surface area contributed by atoms with Gasteiger partial charge < -0.3 is 14.7 Å². The first-order valence-corrected chi connectivity index (χ1v) is 2.35. The predicted molar refractivity (Wildman–Crippen MR) is 35.3 cm³/mol. The molecule has 0 spiro atoms. The molecule has 3 N–H and O–H groups in total. The van der Waals surface area contributed by atoms with Crippen molar-refractivity contribution in [1.82, 2.24) is 0 Å². The van der Waals surface area contributed by atoms with Crippen LogP contribution in [-0.4, -0.2) is 73.8 Å². The third-order valence-corrected chi connectivity index (χ3v) is 0. The third kappa shape index (κ3) is 92.1. The molecule has 0 atom stereocenters. The van der Waals surface area contributed by atoms with E-state index in [1.165, 1.54) is 0 Å². The molecule has 0 aliphatic rings. The van der Waals surface area contributed by atoms with Crippen molar-refractivity contribution in [3.63, 3.8) is 0 Å². The summed E-state index contributed by atoms with van der Waals surface area (Å²) in [6, 6.07) is 0.